The molecular formula is C17H17FN2O3S2. The van der Waals surface area contributed by atoms with Crippen LogP contribution in [0.3, 0.4) is 0 Å². The lowest BCUT2D eigenvalue weighted by molar-refractivity contribution is 0.341. The summed E-state index contributed by atoms with van der Waals surface area (Å²) in [6.07, 6.45) is 0. The molecule has 8 heteroatoms. The Morgan fingerprint density at radius 2 is 1.88 bits per heavy atom. The first-order chi connectivity index (χ1) is 11.9. The zero-order chi connectivity index (χ0) is 18.0. The third-order valence-electron chi connectivity index (χ3n) is 3.59. The second-order valence-electron chi connectivity index (χ2n) is 5.21. The molecule has 1 aromatic heterocycles. The van der Waals surface area contributed by atoms with Gasteiger partial charge in [-0.1, -0.05) is 11.3 Å². The fourth-order valence-electron chi connectivity index (χ4n) is 2.45. The fraction of sp³-hybridized carbons (Fsp3) is 0.235. The molecule has 0 atom stereocenters. The molecule has 0 bridgehead atoms. The van der Waals surface area contributed by atoms with Gasteiger partial charge in [-0.15, -0.1) is 4.40 Å². The molecule has 0 saturated heterocycles. The number of ether oxygens (including phenoxy) is 1. The molecule has 2 aromatic carbocycles. The summed E-state index contributed by atoms with van der Waals surface area (Å²) in [6, 6.07) is 10.3. The molecule has 0 aliphatic carbocycles. The molecule has 0 unspecified atom stereocenters. The maximum Gasteiger partial charge on any atom is 0.285 e. The number of thiazole rings is 1. The molecule has 0 aliphatic rings. The van der Waals surface area contributed by atoms with E-state index in [1.807, 2.05) is 36.6 Å². The molecule has 0 amide bonds. The van der Waals surface area contributed by atoms with Gasteiger partial charge in [-0.3, -0.25) is 0 Å². The summed E-state index contributed by atoms with van der Waals surface area (Å²) in [5, 5.41) is 0. The molecular weight excluding hydrogens is 363 g/mol. The van der Waals surface area contributed by atoms with Gasteiger partial charge in [-0.25, -0.2) is 4.39 Å². The van der Waals surface area contributed by atoms with E-state index in [1.54, 1.807) is 0 Å². The third-order valence-corrected chi connectivity index (χ3v) is 6.03. The van der Waals surface area contributed by atoms with Gasteiger partial charge in [-0.2, -0.15) is 8.42 Å². The van der Waals surface area contributed by atoms with Gasteiger partial charge >= 0.3 is 0 Å². The summed E-state index contributed by atoms with van der Waals surface area (Å²) < 4.78 is 50.2. The number of sulfonamides is 1. The molecule has 3 rings (SSSR count). The van der Waals surface area contributed by atoms with Crippen LogP contribution in [0.4, 0.5) is 4.39 Å². The van der Waals surface area contributed by atoms with Crippen LogP contribution in [-0.2, 0) is 16.6 Å². The Labute approximate surface area is 149 Å². The maximum absolute atomic E-state index is 13.0. The Balaban J connectivity index is 2.16. The topological polar surface area (TPSA) is 60.7 Å². The van der Waals surface area contributed by atoms with Crippen LogP contribution in [0.15, 0.2) is 51.8 Å². The summed E-state index contributed by atoms with van der Waals surface area (Å²) in [5.74, 6) is 0.236. The summed E-state index contributed by atoms with van der Waals surface area (Å²) in [4.78, 5) is 0.333. The summed E-state index contributed by atoms with van der Waals surface area (Å²) in [5.41, 5.74) is 0.893. The average molecular weight is 380 g/mol. The summed E-state index contributed by atoms with van der Waals surface area (Å²) in [7, 11) is -3.91. The molecule has 0 radical (unpaired) electrons. The SMILES string of the molecule is CCOc1ccc2c(c1)sc(=NS(=O)(=O)c1ccc(F)cc1)n2CC. The highest BCUT2D eigenvalue weighted by molar-refractivity contribution is 7.90. The molecule has 0 aliphatic heterocycles. The van der Waals surface area contributed by atoms with Crippen molar-refractivity contribution in [3.63, 3.8) is 0 Å². The number of aryl methyl sites for hydroxylation is 1. The molecule has 132 valence electrons. The lowest BCUT2D eigenvalue weighted by Crippen LogP contribution is -2.16. The number of fused-ring (bicyclic) bond motifs is 1. The van der Waals surface area contributed by atoms with E-state index in [1.165, 1.54) is 23.5 Å². The highest BCUT2D eigenvalue weighted by Gasteiger charge is 2.15. The van der Waals surface area contributed by atoms with Gasteiger partial charge in [0.2, 0.25) is 4.80 Å². The van der Waals surface area contributed by atoms with Crippen LogP contribution in [0, 0.1) is 5.82 Å². The third kappa shape index (κ3) is 3.59. The molecule has 3 aromatic rings. The molecule has 0 fully saturated rings. The van der Waals surface area contributed by atoms with Crippen LogP contribution >= 0.6 is 11.3 Å². The molecule has 25 heavy (non-hydrogen) atoms. The molecule has 1 heterocycles. The number of halogens is 1. The predicted molar refractivity (Wildman–Crippen MR) is 95.8 cm³/mol. The van der Waals surface area contributed by atoms with E-state index in [-0.39, 0.29) is 4.90 Å². The van der Waals surface area contributed by atoms with Crippen molar-refractivity contribution in [3.8, 4) is 5.75 Å². The fourth-order valence-corrected chi connectivity index (χ4v) is 4.77. The molecule has 0 spiro atoms. The smallest absolute Gasteiger partial charge is 0.285 e. The van der Waals surface area contributed by atoms with Crippen molar-refractivity contribution in [2.75, 3.05) is 6.61 Å². The Bertz CT molecular complexity index is 1070. The Kier molecular flexibility index (Phi) is 4.91. The number of aromatic nitrogens is 1. The first kappa shape index (κ1) is 17.6. The highest BCUT2D eigenvalue weighted by atomic mass is 32.2. The molecule has 0 saturated carbocycles. The van der Waals surface area contributed by atoms with Crippen molar-refractivity contribution >= 4 is 31.6 Å². The van der Waals surface area contributed by atoms with Crippen molar-refractivity contribution < 1.29 is 17.5 Å². The van der Waals surface area contributed by atoms with Crippen LogP contribution in [-0.4, -0.2) is 19.6 Å². The first-order valence-electron chi connectivity index (χ1n) is 7.77. The number of hydrogen-bond donors (Lipinski definition) is 0. The largest absolute Gasteiger partial charge is 0.494 e. The van der Waals surface area contributed by atoms with Gasteiger partial charge in [0.25, 0.3) is 10.0 Å². The van der Waals surface area contributed by atoms with Crippen LogP contribution in [0.1, 0.15) is 13.8 Å². The lowest BCUT2D eigenvalue weighted by atomic mass is 10.3. The van der Waals surface area contributed by atoms with E-state index in [4.69, 9.17) is 4.74 Å². The number of rotatable bonds is 5. The second-order valence-corrected chi connectivity index (χ2v) is 7.82. The Morgan fingerprint density at radius 3 is 2.52 bits per heavy atom. The zero-order valence-corrected chi connectivity index (χ0v) is 15.4. The van der Waals surface area contributed by atoms with Crippen molar-refractivity contribution in [2.24, 2.45) is 4.40 Å². The Hall–Kier alpha value is -2.19. The highest BCUT2D eigenvalue weighted by Crippen LogP contribution is 2.24. The van der Waals surface area contributed by atoms with E-state index < -0.39 is 15.8 Å². The molecule has 5 nitrogen and oxygen atoms in total. The van der Waals surface area contributed by atoms with Gasteiger partial charge in [0, 0.05) is 6.54 Å². The summed E-state index contributed by atoms with van der Waals surface area (Å²) >= 11 is 1.28. The second kappa shape index (κ2) is 6.97. The van der Waals surface area contributed by atoms with Gasteiger partial charge in [0.05, 0.1) is 21.7 Å². The van der Waals surface area contributed by atoms with Gasteiger partial charge < -0.3 is 9.30 Å². The first-order valence-corrected chi connectivity index (χ1v) is 10.0. The zero-order valence-electron chi connectivity index (χ0n) is 13.8. The normalized spacial score (nSPS) is 12.7. The number of nitrogens with zero attached hydrogens (tertiary/aromatic N) is 2. The van der Waals surface area contributed by atoms with E-state index >= 15 is 0 Å². The molecule has 0 N–H and O–H groups in total. The Morgan fingerprint density at radius 1 is 1.16 bits per heavy atom. The van der Waals surface area contributed by atoms with Crippen LogP contribution < -0.4 is 9.54 Å². The monoisotopic (exact) mass is 380 g/mol. The van der Waals surface area contributed by atoms with Crippen molar-refractivity contribution in [1.29, 1.82) is 0 Å². The van der Waals surface area contributed by atoms with Crippen LogP contribution in [0.2, 0.25) is 0 Å². The van der Waals surface area contributed by atoms with Crippen LogP contribution in [0.25, 0.3) is 10.2 Å². The van der Waals surface area contributed by atoms with Crippen molar-refractivity contribution in [3.05, 3.63) is 53.1 Å². The van der Waals surface area contributed by atoms with Gasteiger partial charge in [0.1, 0.15) is 11.6 Å². The van der Waals surface area contributed by atoms with E-state index in [0.717, 1.165) is 28.1 Å². The van der Waals surface area contributed by atoms with E-state index in [2.05, 4.69) is 4.40 Å². The minimum Gasteiger partial charge on any atom is -0.494 e. The maximum atomic E-state index is 13.0. The van der Waals surface area contributed by atoms with Crippen LogP contribution in [0.5, 0.6) is 5.75 Å². The van der Waals surface area contributed by atoms with Crippen molar-refractivity contribution in [2.45, 2.75) is 25.3 Å². The van der Waals surface area contributed by atoms with E-state index in [0.29, 0.717) is 18.0 Å². The summed E-state index contributed by atoms with van der Waals surface area (Å²) in [6.45, 7) is 4.96. The minimum atomic E-state index is -3.91. The van der Waals surface area contributed by atoms with Gasteiger partial charge in [0.15, 0.2) is 0 Å². The van der Waals surface area contributed by atoms with Crippen molar-refractivity contribution in [1.82, 2.24) is 4.57 Å². The van der Waals surface area contributed by atoms with Gasteiger partial charge in [-0.05, 0) is 56.3 Å². The average Bonchev–Trinajstić information content (AvgIpc) is 2.91. The minimum absolute atomic E-state index is 0.0379. The number of benzene rings is 2. The number of hydrogen-bond acceptors (Lipinski definition) is 4. The van der Waals surface area contributed by atoms with E-state index in [9.17, 15) is 12.8 Å². The quantitative estimate of drug-likeness (QED) is 0.680. The lowest BCUT2D eigenvalue weighted by Gasteiger charge is -2.04. The predicted octanol–water partition coefficient (Wildman–Crippen LogP) is 3.55. The standard InChI is InChI=1S/C17H17FN2O3S2/c1-3-20-15-10-7-13(23-4-2)11-16(15)24-17(20)19-25(21,22)14-8-5-12(18)6-9-14/h5-11H,3-4H2,1-2H3.